The minimum absolute atomic E-state index is 0.0556. The zero-order valence-corrected chi connectivity index (χ0v) is 23.6. The number of nitrogens with zero attached hydrogens (tertiary/aromatic N) is 4. The molecule has 218 valence electrons. The predicted octanol–water partition coefficient (Wildman–Crippen LogP) is 3.83. The van der Waals surface area contributed by atoms with Crippen LogP contribution in [0.3, 0.4) is 0 Å². The van der Waals surface area contributed by atoms with Crippen molar-refractivity contribution in [1.82, 2.24) is 20.0 Å². The van der Waals surface area contributed by atoms with E-state index in [1.54, 1.807) is 37.3 Å². The van der Waals surface area contributed by atoms with E-state index >= 15 is 0 Å². The van der Waals surface area contributed by atoms with Gasteiger partial charge in [0.05, 0.1) is 42.7 Å². The highest BCUT2D eigenvalue weighted by molar-refractivity contribution is 7.92. The van der Waals surface area contributed by atoms with Gasteiger partial charge in [0, 0.05) is 18.3 Å². The Morgan fingerprint density at radius 3 is 2.65 bits per heavy atom. The lowest BCUT2D eigenvalue weighted by Crippen LogP contribution is -2.43. The van der Waals surface area contributed by atoms with E-state index in [1.807, 2.05) is 0 Å². The highest BCUT2D eigenvalue weighted by atomic mass is 32.2. The number of benzene rings is 1. The van der Waals surface area contributed by atoms with Crippen molar-refractivity contribution >= 4 is 27.5 Å². The second-order valence-corrected chi connectivity index (χ2v) is 12.0. The van der Waals surface area contributed by atoms with Crippen LogP contribution in [0.2, 0.25) is 0 Å². The molecule has 1 aromatic heterocycles. The Labute approximate surface area is 233 Å². The Kier molecular flexibility index (Phi) is 10.6. The predicted molar refractivity (Wildman–Crippen MR) is 146 cm³/mol. The smallest absolute Gasteiger partial charge is 0.268 e. The number of amides is 2. The molecule has 1 aliphatic rings. The van der Waals surface area contributed by atoms with E-state index in [-0.39, 0.29) is 17.9 Å². The number of carbonyl (C=O) groups is 2. The standard InChI is InChI=1S/C27H36F2N6O4S/c1-3-4-5-6-7-8-12-40(38,39)33-22-11-9-10-21(13-22)17-34-18-24(20(2)32-34)26(37)31-16-25(36)35-19-27(28,29)14-23(35)15-30/h9-11,13,18,23,33H,3-8,12,14,16-17,19H2,1-2H3,(H,31,37)/t23-/m0/s1. The fraction of sp³-hybridized carbons (Fsp3) is 0.556. The highest BCUT2D eigenvalue weighted by Gasteiger charge is 2.47. The molecule has 0 bridgehead atoms. The Bertz CT molecular complexity index is 1340. The first-order chi connectivity index (χ1) is 18.9. The maximum Gasteiger partial charge on any atom is 0.268 e. The van der Waals surface area contributed by atoms with Crippen molar-refractivity contribution in [2.75, 3.05) is 23.6 Å². The number of anilines is 1. The van der Waals surface area contributed by atoms with Gasteiger partial charge in [-0.1, -0.05) is 51.2 Å². The van der Waals surface area contributed by atoms with Gasteiger partial charge in [0.25, 0.3) is 11.8 Å². The van der Waals surface area contributed by atoms with Crippen LogP contribution >= 0.6 is 0 Å². The minimum atomic E-state index is -3.48. The van der Waals surface area contributed by atoms with Crippen molar-refractivity contribution in [1.29, 1.82) is 5.26 Å². The van der Waals surface area contributed by atoms with Gasteiger partial charge < -0.3 is 10.2 Å². The number of hydrogen-bond acceptors (Lipinski definition) is 6. The summed E-state index contributed by atoms with van der Waals surface area (Å²) >= 11 is 0. The maximum absolute atomic E-state index is 13.6. The Morgan fingerprint density at radius 1 is 1.20 bits per heavy atom. The molecule has 3 rings (SSSR count). The summed E-state index contributed by atoms with van der Waals surface area (Å²) in [5, 5.41) is 15.8. The Hall–Kier alpha value is -3.53. The number of rotatable bonds is 14. The number of likely N-dealkylation sites (tertiary alicyclic amines) is 1. The van der Waals surface area contributed by atoms with Crippen LogP contribution in [-0.4, -0.2) is 65.7 Å². The largest absolute Gasteiger partial charge is 0.343 e. The van der Waals surface area contributed by atoms with Gasteiger partial charge >= 0.3 is 0 Å². The van der Waals surface area contributed by atoms with Gasteiger partial charge in [-0.15, -0.1) is 0 Å². The summed E-state index contributed by atoms with van der Waals surface area (Å²) in [6, 6.07) is 7.36. The molecule has 0 radical (unpaired) electrons. The Morgan fingerprint density at radius 2 is 1.93 bits per heavy atom. The van der Waals surface area contributed by atoms with Gasteiger partial charge in [-0.05, 0) is 31.0 Å². The first-order valence-electron chi connectivity index (χ1n) is 13.4. The van der Waals surface area contributed by atoms with E-state index in [4.69, 9.17) is 5.26 Å². The van der Waals surface area contributed by atoms with Crippen LogP contribution < -0.4 is 10.0 Å². The van der Waals surface area contributed by atoms with E-state index in [2.05, 4.69) is 22.1 Å². The van der Waals surface area contributed by atoms with Crippen molar-refractivity contribution in [3.05, 3.63) is 47.3 Å². The van der Waals surface area contributed by atoms with E-state index in [0.717, 1.165) is 42.6 Å². The molecule has 1 fully saturated rings. The van der Waals surface area contributed by atoms with Crippen LogP contribution in [-0.2, 0) is 21.4 Å². The fourth-order valence-electron chi connectivity index (χ4n) is 4.59. The molecular weight excluding hydrogens is 542 g/mol. The lowest BCUT2D eigenvalue weighted by atomic mass is 10.1. The Balaban J connectivity index is 1.54. The molecule has 13 heteroatoms. The summed E-state index contributed by atoms with van der Waals surface area (Å²) in [6.45, 7) is 2.62. The van der Waals surface area contributed by atoms with Gasteiger partial charge in [-0.2, -0.15) is 10.4 Å². The molecule has 1 aromatic carbocycles. The molecule has 10 nitrogen and oxygen atoms in total. The van der Waals surface area contributed by atoms with Crippen molar-refractivity contribution < 1.29 is 26.8 Å². The molecule has 0 unspecified atom stereocenters. The summed E-state index contributed by atoms with van der Waals surface area (Å²) in [5.41, 5.74) is 1.78. The molecule has 0 spiro atoms. The van der Waals surface area contributed by atoms with Crippen LogP contribution in [0.15, 0.2) is 30.5 Å². The topological polar surface area (TPSA) is 137 Å². The minimum Gasteiger partial charge on any atom is -0.343 e. The van der Waals surface area contributed by atoms with Gasteiger partial charge in [-0.3, -0.25) is 19.0 Å². The molecule has 0 aliphatic carbocycles. The molecule has 1 atom stereocenters. The number of alkyl halides is 2. The summed E-state index contributed by atoms with van der Waals surface area (Å²) in [4.78, 5) is 25.8. The van der Waals surface area contributed by atoms with E-state index < -0.39 is 53.3 Å². The van der Waals surface area contributed by atoms with Crippen LogP contribution in [0, 0.1) is 18.3 Å². The molecule has 2 amide bonds. The van der Waals surface area contributed by atoms with Crippen LogP contribution in [0.4, 0.5) is 14.5 Å². The van der Waals surface area contributed by atoms with E-state index in [1.165, 1.54) is 10.9 Å². The van der Waals surface area contributed by atoms with Crippen LogP contribution in [0.5, 0.6) is 0 Å². The zero-order valence-electron chi connectivity index (χ0n) is 22.8. The average Bonchev–Trinajstić information content (AvgIpc) is 3.42. The van der Waals surface area contributed by atoms with Crippen molar-refractivity contribution in [2.45, 2.75) is 77.3 Å². The zero-order chi connectivity index (χ0) is 29.3. The van der Waals surface area contributed by atoms with Gasteiger partial charge in [0.2, 0.25) is 15.9 Å². The number of carbonyl (C=O) groups excluding carboxylic acids is 2. The maximum atomic E-state index is 13.6. The molecule has 2 aromatic rings. The number of nitriles is 1. The van der Waals surface area contributed by atoms with Crippen molar-refractivity contribution in [3.8, 4) is 6.07 Å². The highest BCUT2D eigenvalue weighted by Crippen LogP contribution is 2.31. The fourth-order valence-corrected chi connectivity index (χ4v) is 5.76. The van der Waals surface area contributed by atoms with Gasteiger partial charge in [-0.25, -0.2) is 17.2 Å². The van der Waals surface area contributed by atoms with Crippen LogP contribution in [0.1, 0.15) is 73.5 Å². The molecular formula is C27H36F2N6O4S. The average molecular weight is 579 g/mol. The lowest BCUT2D eigenvalue weighted by molar-refractivity contribution is -0.131. The monoisotopic (exact) mass is 578 g/mol. The third-order valence-corrected chi connectivity index (χ3v) is 8.01. The molecule has 40 heavy (non-hydrogen) atoms. The normalized spacial score (nSPS) is 16.5. The molecule has 2 N–H and O–H groups in total. The van der Waals surface area contributed by atoms with Crippen LogP contribution in [0.25, 0.3) is 0 Å². The second-order valence-electron chi connectivity index (χ2n) is 10.1. The number of aryl methyl sites for hydroxylation is 1. The summed E-state index contributed by atoms with van der Waals surface area (Å²) < 4.78 is 56.3. The summed E-state index contributed by atoms with van der Waals surface area (Å²) in [5.74, 6) is -4.45. The third-order valence-electron chi connectivity index (χ3n) is 6.64. The van der Waals surface area contributed by atoms with Crippen molar-refractivity contribution in [3.63, 3.8) is 0 Å². The first-order valence-corrected chi connectivity index (χ1v) is 15.1. The van der Waals surface area contributed by atoms with Crippen molar-refractivity contribution in [2.24, 2.45) is 0 Å². The van der Waals surface area contributed by atoms with Gasteiger partial charge in [0.15, 0.2) is 0 Å². The summed E-state index contributed by atoms with van der Waals surface area (Å²) in [6.07, 6.45) is 6.68. The lowest BCUT2D eigenvalue weighted by Gasteiger charge is -2.19. The number of nitrogens with one attached hydrogen (secondary N) is 2. The number of hydrogen-bond donors (Lipinski definition) is 2. The van der Waals surface area contributed by atoms with E-state index in [9.17, 15) is 26.8 Å². The van der Waals surface area contributed by atoms with Gasteiger partial charge in [0.1, 0.15) is 6.04 Å². The number of unbranched alkanes of at least 4 members (excludes halogenated alkanes) is 5. The molecule has 1 saturated heterocycles. The molecule has 2 heterocycles. The number of halogens is 2. The number of sulfonamides is 1. The summed E-state index contributed by atoms with van der Waals surface area (Å²) in [7, 11) is -3.48. The quantitative estimate of drug-likeness (QED) is 0.327. The SMILES string of the molecule is CCCCCCCCS(=O)(=O)Nc1cccc(Cn2cc(C(=O)NCC(=O)N3CC(F)(F)C[C@H]3C#N)c(C)n2)c1. The second kappa shape index (κ2) is 13.7. The third kappa shape index (κ3) is 9.01. The first kappa shape index (κ1) is 31.0. The number of aromatic nitrogens is 2. The molecule has 0 saturated carbocycles. The van der Waals surface area contributed by atoms with E-state index in [0.29, 0.717) is 17.8 Å². The molecule has 1 aliphatic heterocycles.